The van der Waals surface area contributed by atoms with Crippen molar-refractivity contribution in [3.05, 3.63) is 42.0 Å². The van der Waals surface area contributed by atoms with Gasteiger partial charge in [-0.05, 0) is 26.0 Å². The van der Waals surface area contributed by atoms with E-state index in [-0.39, 0.29) is 24.5 Å². The van der Waals surface area contributed by atoms with Gasteiger partial charge in [0, 0.05) is 12.2 Å². The summed E-state index contributed by atoms with van der Waals surface area (Å²) in [6.45, 7) is 3.10. The third-order valence-corrected chi connectivity index (χ3v) is 2.68. The predicted molar refractivity (Wildman–Crippen MR) is 87.8 cm³/mol. The molecule has 0 aliphatic rings. The quantitative estimate of drug-likeness (QED) is 0.430. The van der Waals surface area contributed by atoms with Crippen molar-refractivity contribution in [2.75, 3.05) is 25.1 Å². The molecule has 25 heavy (non-hydrogen) atoms. The van der Waals surface area contributed by atoms with Crippen molar-refractivity contribution in [1.82, 2.24) is 0 Å². The lowest BCUT2D eigenvalue weighted by Gasteiger charge is -2.10. The molecule has 1 rings (SSSR count). The van der Waals surface area contributed by atoms with Gasteiger partial charge in [-0.1, -0.05) is 12.1 Å². The monoisotopic (exact) mass is 349 g/mol. The van der Waals surface area contributed by atoms with Crippen LogP contribution in [0, 0.1) is 0 Å². The molecule has 1 aromatic carbocycles. The second-order valence-corrected chi connectivity index (χ2v) is 4.51. The van der Waals surface area contributed by atoms with Gasteiger partial charge in [0.05, 0.1) is 24.5 Å². The SMILES string of the molecule is CCOC(=O)C=CC(=O)OCC(=O)Nc1ccccc1C(=O)OCC. The topological polar surface area (TPSA) is 108 Å². The first-order chi connectivity index (χ1) is 12.0. The Morgan fingerprint density at radius 3 is 2.16 bits per heavy atom. The zero-order chi connectivity index (χ0) is 18.7. The lowest BCUT2D eigenvalue weighted by Crippen LogP contribution is -2.22. The summed E-state index contributed by atoms with van der Waals surface area (Å²) >= 11 is 0. The van der Waals surface area contributed by atoms with Crippen LogP contribution in [0.1, 0.15) is 24.2 Å². The number of carbonyl (C=O) groups excluding carboxylic acids is 4. The van der Waals surface area contributed by atoms with Crippen molar-refractivity contribution in [1.29, 1.82) is 0 Å². The molecule has 0 aliphatic heterocycles. The minimum Gasteiger partial charge on any atom is -0.463 e. The number of para-hydroxylation sites is 1. The van der Waals surface area contributed by atoms with Crippen molar-refractivity contribution >= 4 is 29.5 Å². The highest BCUT2D eigenvalue weighted by atomic mass is 16.5. The van der Waals surface area contributed by atoms with Crippen LogP contribution in [-0.4, -0.2) is 43.6 Å². The molecule has 8 heteroatoms. The number of hydrogen-bond donors (Lipinski definition) is 1. The number of benzene rings is 1. The highest BCUT2D eigenvalue weighted by Crippen LogP contribution is 2.16. The maximum absolute atomic E-state index is 11.8. The van der Waals surface area contributed by atoms with Crippen LogP contribution >= 0.6 is 0 Å². The first-order valence-electron chi connectivity index (χ1n) is 7.55. The van der Waals surface area contributed by atoms with Gasteiger partial charge in [0.1, 0.15) is 0 Å². The second kappa shape index (κ2) is 10.6. The fraction of sp³-hybridized carbons (Fsp3) is 0.294. The molecular weight excluding hydrogens is 330 g/mol. The van der Waals surface area contributed by atoms with Gasteiger partial charge in [0.2, 0.25) is 0 Å². The van der Waals surface area contributed by atoms with Crippen molar-refractivity contribution < 1.29 is 33.4 Å². The minimum absolute atomic E-state index is 0.181. The van der Waals surface area contributed by atoms with E-state index in [1.165, 1.54) is 12.1 Å². The molecule has 0 spiro atoms. The van der Waals surface area contributed by atoms with E-state index in [2.05, 4.69) is 10.1 Å². The van der Waals surface area contributed by atoms with Crippen LogP contribution in [0.2, 0.25) is 0 Å². The number of carbonyl (C=O) groups is 4. The molecule has 0 radical (unpaired) electrons. The number of nitrogens with one attached hydrogen (secondary N) is 1. The number of rotatable bonds is 8. The third-order valence-electron chi connectivity index (χ3n) is 2.68. The van der Waals surface area contributed by atoms with E-state index < -0.39 is 30.4 Å². The fourth-order valence-electron chi connectivity index (χ4n) is 1.68. The van der Waals surface area contributed by atoms with E-state index in [4.69, 9.17) is 9.47 Å². The summed E-state index contributed by atoms with van der Waals surface area (Å²) in [5.41, 5.74) is 0.426. The summed E-state index contributed by atoms with van der Waals surface area (Å²) in [6.07, 6.45) is 1.76. The van der Waals surface area contributed by atoms with Crippen molar-refractivity contribution in [3.63, 3.8) is 0 Å². The Morgan fingerprint density at radius 1 is 0.920 bits per heavy atom. The van der Waals surface area contributed by atoms with Gasteiger partial charge in [-0.15, -0.1) is 0 Å². The van der Waals surface area contributed by atoms with Gasteiger partial charge in [-0.3, -0.25) is 4.79 Å². The van der Waals surface area contributed by atoms with E-state index in [1.807, 2.05) is 0 Å². The second-order valence-electron chi connectivity index (χ2n) is 4.51. The Bertz CT molecular complexity index is 667. The van der Waals surface area contributed by atoms with Crippen LogP contribution in [0.15, 0.2) is 36.4 Å². The number of esters is 3. The van der Waals surface area contributed by atoms with Crippen molar-refractivity contribution in [2.24, 2.45) is 0 Å². The largest absolute Gasteiger partial charge is 0.463 e. The minimum atomic E-state index is -0.873. The molecule has 0 bridgehead atoms. The Hall–Kier alpha value is -3.16. The molecule has 0 aromatic heterocycles. The third kappa shape index (κ3) is 7.30. The summed E-state index contributed by atoms with van der Waals surface area (Å²) in [5.74, 6) is -2.78. The molecule has 0 heterocycles. The molecule has 0 atom stereocenters. The van der Waals surface area contributed by atoms with Crippen molar-refractivity contribution in [3.8, 4) is 0 Å². The molecule has 0 saturated carbocycles. The van der Waals surface area contributed by atoms with Gasteiger partial charge in [-0.2, -0.15) is 0 Å². The van der Waals surface area contributed by atoms with Crippen LogP contribution in [0.25, 0.3) is 0 Å². The van der Waals surface area contributed by atoms with Gasteiger partial charge in [0.25, 0.3) is 5.91 Å². The standard InChI is InChI=1S/C17H19NO7/c1-3-23-15(20)9-10-16(21)25-11-14(19)18-13-8-6-5-7-12(13)17(22)24-4-2/h5-10H,3-4,11H2,1-2H3,(H,18,19). The summed E-state index contributed by atoms with van der Waals surface area (Å²) < 4.78 is 14.2. The van der Waals surface area contributed by atoms with Crippen LogP contribution < -0.4 is 5.32 Å². The average Bonchev–Trinajstić information content (AvgIpc) is 2.59. The average molecular weight is 349 g/mol. The highest BCUT2D eigenvalue weighted by molar-refractivity contribution is 6.02. The molecule has 0 fully saturated rings. The van der Waals surface area contributed by atoms with Crippen LogP contribution in [-0.2, 0) is 28.6 Å². The normalized spacial score (nSPS) is 10.2. The van der Waals surface area contributed by atoms with E-state index >= 15 is 0 Å². The number of ether oxygens (including phenoxy) is 3. The van der Waals surface area contributed by atoms with E-state index in [1.54, 1.807) is 26.0 Å². The molecule has 0 aliphatic carbocycles. The zero-order valence-electron chi connectivity index (χ0n) is 13.9. The zero-order valence-corrected chi connectivity index (χ0v) is 13.9. The molecule has 1 N–H and O–H groups in total. The Balaban J connectivity index is 2.56. The maximum Gasteiger partial charge on any atom is 0.340 e. The first kappa shape index (κ1) is 19.9. The summed E-state index contributed by atoms with van der Waals surface area (Å²) in [6, 6.07) is 6.28. The molecular formula is C17H19NO7. The lowest BCUT2D eigenvalue weighted by atomic mass is 10.2. The molecule has 0 saturated heterocycles. The van der Waals surface area contributed by atoms with Gasteiger partial charge in [0.15, 0.2) is 6.61 Å². The smallest absolute Gasteiger partial charge is 0.340 e. The van der Waals surface area contributed by atoms with Crippen molar-refractivity contribution in [2.45, 2.75) is 13.8 Å². The number of anilines is 1. The molecule has 8 nitrogen and oxygen atoms in total. The Labute approximate surface area is 144 Å². The summed E-state index contributed by atoms with van der Waals surface area (Å²) in [7, 11) is 0. The van der Waals surface area contributed by atoms with Crippen LogP contribution in [0.4, 0.5) is 5.69 Å². The molecule has 1 amide bonds. The highest BCUT2D eigenvalue weighted by Gasteiger charge is 2.14. The molecule has 0 unspecified atom stereocenters. The number of amides is 1. The van der Waals surface area contributed by atoms with E-state index in [0.29, 0.717) is 0 Å². The predicted octanol–water partition coefficient (Wildman–Crippen LogP) is 1.46. The van der Waals surface area contributed by atoms with Gasteiger partial charge < -0.3 is 19.5 Å². The van der Waals surface area contributed by atoms with Gasteiger partial charge in [-0.25, -0.2) is 14.4 Å². The lowest BCUT2D eigenvalue weighted by molar-refractivity contribution is -0.143. The Kier molecular flexibility index (Phi) is 8.42. The van der Waals surface area contributed by atoms with Gasteiger partial charge >= 0.3 is 17.9 Å². The summed E-state index contributed by atoms with van der Waals surface area (Å²) in [4.78, 5) is 46.1. The molecule has 1 aromatic rings. The fourth-order valence-corrected chi connectivity index (χ4v) is 1.68. The maximum atomic E-state index is 11.8. The molecule has 134 valence electrons. The summed E-state index contributed by atoms with van der Waals surface area (Å²) in [5, 5.41) is 2.46. The van der Waals surface area contributed by atoms with E-state index in [9.17, 15) is 19.2 Å². The van der Waals surface area contributed by atoms with Crippen LogP contribution in [0.3, 0.4) is 0 Å². The van der Waals surface area contributed by atoms with E-state index in [0.717, 1.165) is 12.2 Å². The number of hydrogen-bond acceptors (Lipinski definition) is 7. The first-order valence-corrected chi connectivity index (χ1v) is 7.55. The van der Waals surface area contributed by atoms with Crippen LogP contribution in [0.5, 0.6) is 0 Å². The Morgan fingerprint density at radius 2 is 1.52 bits per heavy atom.